The second-order valence-corrected chi connectivity index (χ2v) is 5.40. The fourth-order valence-electron chi connectivity index (χ4n) is 2.79. The summed E-state index contributed by atoms with van der Waals surface area (Å²) < 4.78 is 42.6. The van der Waals surface area contributed by atoms with Crippen molar-refractivity contribution in [3.63, 3.8) is 0 Å². The molecule has 108 valence electrons. The highest BCUT2D eigenvalue weighted by Crippen LogP contribution is 2.34. The second-order valence-electron chi connectivity index (χ2n) is 5.40. The topological polar surface area (TPSA) is 25.2 Å². The van der Waals surface area contributed by atoms with E-state index in [4.69, 9.17) is 4.42 Å². The zero-order chi connectivity index (χ0) is 14.2. The lowest BCUT2D eigenvalue weighted by Gasteiger charge is -2.22. The zero-order valence-electron chi connectivity index (χ0n) is 11.0. The zero-order valence-corrected chi connectivity index (χ0v) is 11.0. The molecule has 1 fully saturated rings. The molecule has 1 saturated heterocycles. The third-order valence-corrected chi connectivity index (χ3v) is 3.78. The van der Waals surface area contributed by atoms with E-state index in [2.05, 4.69) is 5.32 Å². The molecule has 2 aromatic rings. The second kappa shape index (κ2) is 5.13. The minimum atomic E-state index is -4.42. The Hall–Kier alpha value is -1.49. The van der Waals surface area contributed by atoms with Crippen LogP contribution in [0.3, 0.4) is 0 Å². The molecule has 1 aliphatic rings. The maximum atomic E-state index is 12.6. The molecule has 2 nitrogen and oxygen atoms in total. The third-order valence-electron chi connectivity index (χ3n) is 3.78. The van der Waals surface area contributed by atoms with Gasteiger partial charge < -0.3 is 9.73 Å². The van der Waals surface area contributed by atoms with Gasteiger partial charge in [0.1, 0.15) is 5.58 Å². The first-order valence-electron chi connectivity index (χ1n) is 6.83. The Balaban J connectivity index is 1.82. The lowest BCUT2D eigenvalue weighted by molar-refractivity contribution is -0.152. The fraction of sp³-hybridized carbons (Fsp3) is 0.467. The van der Waals surface area contributed by atoms with E-state index in [-0.39, 0.29) is 0 Å². The van der Waals surface area contributed by atoms with Crippen molar-refractivity contribution in [2.75, 3.05) is 13.1 Å². The van der Waals surface area contributed by atoms with Crippen LogP contribution in [-0.2, 0) is 12.6 Å². The molecular weight excluding hydrogens is 267 g/mol. The van der Waals surface area contributed by atoms with Crippen LogP contribution >= 0.6 is 0 Å². The Kier molecular flexibility index (Phi) is 3.46. The average Bonchev–Trinajstić information content (AvgIpc) is 2.83. The highest BCUT2D eigenvalue weighted by molar-refractivity contribution is 5.78. The van der Waals surface area contributed by atoms with Gasteiger partial charge in [0.05, 0.1) is 0 Å². The lowest BCUT2D eigenvalue weighted by atomic mass is 9.92. The molecule has 1 aromatic heterocycles. The Morgan fingerprint density at radius 2 is 2.10 bits per heavy atom. The standard InChI is InChI=1S/C15H16F3NO/c16-15(17,18)14-8-12-7-10(3-4-13(12)20-14)6-11-2-1-5-19-9-11/h3-4,7-8,11,19H,1-2,5-6,9H2. The van der Waals surface area contributed by atoms with Gasteiger partial charge in [-0.1, -0.05) is 6.07 Å². The molecule has 0 bridgehead atoms. The van der Waals surface area contributed by atoms with Gasteiger partial charge in [0.25, 0.3) is 0 Å². The molecular formula is C15H16F3NO. The largest absolute Gasteiger partial charge is 0.452 e. The summed E-state index contributed by atoms with van der Waals surface area (Å²) in [5, 5.41) is 3.88. The SMILES string of the molecule is FC(F)(F)c1cc2cc(CC3CCCNC3)ccc2o1. The molecule has 0 amide bonds. The normalized spacial score (nSPS) is 20.4. The van der Waals surface area contributed by atoms with Gasteiger partial charge in [0.2, 0.25) is 5.76 Å². The molecule has 2 heterocycles. The Morgan fingerprint density at radius 1 is 1.25 bits per heavy atom. The van der Waals surface area contributed by atoms with E-state index in [9.17, 15) is 13.2 Å². The van der Waals surface area contributed by atoms with Gasteiger partial charge in [-0.05, 0) is 62.0 Å². The highest BCUT2D eigenvalue weighted by atomic mass is 19.4. The maximum Gasteiger partial charge on any atom is 0.449 e. The summed E-state index contributed by atoms with van der Waals surface area (Å²) in [6.45, 7) is 2.05. The van der Waals surface area contributed by atoms with E-state index in [1.807, 2.05) is 12.1 Å². The number of hydrogen-bond acceptors (Lipinski definition) is 2. The van der Waals surface area contributed by atoms with Gasteiger partial charge in [-0.15, -0.1) is 0 Å². The van der Waals surface area contributed by atoms with Crippen LogP contribution in [0.4, 0.5) is 13.2 Å². The molecule has 1 aliphatic heterocycles. The number of rotatable bonds is 2. The number of halogens is 3. The van der Waals surface area contributed by atoms with E-state index < -0.39 is 11.9 Å². The summed E-state index contributed by atoms with van der Waals surface area (Å²) in [6.07, 6.45) is -1.19. The third kappa shape index (κ3) is 2.82. The van der Waals surface area contributed by atoms with E-state index in [1.54, 1.807) is 6.07 Å². The first-order valence-corrected chi connectivity index (χ1v) is 6.83. The number of benzene rings is 1. The van der Waals surface area contributed by atoms with Crippen LogP contribution in [0.15, 0.2) is 28.7 Å². The van der Waals surface area contributed by atoms with Crippen LogP contribution in [0, 0.1) is 5.92 Å². The van der Waals surface area contributed by atoms with Crippen molar-refractivity contribution >= 4 is 11.0 Å². The molecule has 0 spiro atoms. The number of piperidine rings is 1. The molecule has 1 atom stereocenters. The first-order chi connectivity index (χ1) is 9.52. The van der Waals surface area contributed by atoms with Crippen molar-refractivity contribution in [3.8, 4) is 0 Å². The molecule has 3 rings (SSSR count). The average molecular weight is 283 g/mol. The summed E-state index contributed by atoms with van der Waals surface area (Å²) in [4.78, 5) is 0. The number of alkyl halides is 3. The Labute approximate surface area is 115 Å². The Bertz CT molecular complexity index is 597. The number of nitrogens with one attached hydrogen (secondary N) is 1. The van der Waals surface area contributed by atoms with E-state index in [0.29, 0.717) is 16.9 Å². The van der Waals surface area contributed by atoms with Crippen molar-refractivity contribution in [3.05, 3.63) is 35.6 Å². The predicted molar refractivity (Wildman–Crippen MR) is 70.5 cm³/mol. The van der Waals surface area contributed by atoms with Crippen LogP contribution in [-0.4, -0.2) is 13.1 Å². The number of hydrogen-bond donors (Lipinski definition) is 1. The van der Waals surface area contributed by atoms with Gasteiger partial charge in [-0.25, -0.2) is 0 Å². The monoisotopic (exact) mass is 283 g/mol. The van der Waals surface area contributed by atoms with E-state index in [0.717, 1.165) is 37.6 Å². The van der Waals surface area contributed by atoms with Crippen LogP contribution in [0.1, 0.15) is 24.2 Å². The maximum absolute atomic E-state index is 12.6. The first kappa shape index (κ1) is 13.5. The van der Waals surface area contributed by atoms with Crippen LogP contribution in [0.5, 0.6) is 0 Å². The molecule has 1 N–H and O–H groups in total. The number of fused-ring (bicyclic) bond motifs is 1. The van der Waals surface area contributed by atoms with Crippen LogP contribution in [0.2, 0.25) is 0 Å². The van der Waals surface area contributed by atoms with Crippen molar-refractivity contribution in [2.24, 2.45) is 5.92 Å². The summed E-state index contributed by atoms with van der Waals surface area (Å²) in [7, 11) is 0. The summed E-state index contributed by atoms with van der Waals surface area (Å²) >= 11 is 0. The van der Waals surface area contributed by atoms with Gasteiger partial charge >= 0.3 is 6.18 Å². The smallest absolute Gasteiger partial charge is 0.449 e. The van der Waals surface area contributed by atoms with Crippen molar-refractivity contribution in [2.45, 2.75) is 25.4 Å². The van der Waals surface area contributed by atoms with E-state index in [1.165, 1.54) is 6.42 Å². The van der Waals surface area contributed by atoms with Crippen molar-refractivity contribution in [1.82, 2.24) is 5.32 Å². The van der Waals surface area contributed by atoms with Gasteiger partial charge in [-0.3, -0.25) is 0 Å². The Morgan fingerprint density at radius 3 is 2.80 bits per heavy atom. The summed E-state index contributed by atoms with van der Waals surface area (Å²) in [5.74, 6) is -0.362. The van der Waals surface area contributed by atoms with Crippen molar-refractivity contribution in [1.29, 1.82) is 0 Å². The minimum absolute atomic E-state index is 0.294. The summed E-state index contributed by atoms with van der Waals surface area (Å²) in [6, 6.07) is 6.39. The number of furan rings is 1. The van der Waals surface area contributed by atoms with Gasteiger partial charge in [0.15, 0.2) is 0 Å². The van der Waals surface area contributed by atoms with Gasteiger partial charge in [0, 0.05) is 5.39 Å². The summed E-state index contributed by atoms with van der Waals surface area (Å²) in [5.41, 5.74) is 1.36. The molecule has 20 heavy (non-hydrogen) atoms. The molecule has 0 aliphatic carbocycles. The van der Waals surface area contributed by atoms with Crippen LogP contribution in [0.25, 0.3) is 11.0 Å². The van der Waals surface area contributed by atoms with Crippen molar-refractivity contribution < 1.29 is 17.6 Å². The fourth-order valence-corrected chi connectivity index (χ4v) is 2.79. The van der Waals surface area contributed by atoms with Crippen LogP contribution < -0.4 is 5.32 Å². The molecule has 0 radical (unpaired) electrons. The van der Waals surface area contributed by atoms with Gasteiger partial charge in [-0.2, -0.15) is 13.2 Å². The molecule has 5 heteroatoms. The molecule has 1 aromatic carbocycles. The minimum Gasteiger partial charge on any atom is -0.452 e. The lowest BCUT2D eigenvalue weighted by Crippen LogP contribution is -2.30. The predicted octanol–water partition coefficient (Wildman–Crippen LogP) is 3.99. The quantitative estimate of drug-likeness (QED) is 0.901. The molecule has 1 unspecified atom stereocenters. The molecule has 0 saturated carbocycles. The van der Waals surface area contributed by atoms with E-state index >= 15 is 0 Å². The highest BCUT2D eigenvalue weighted by Gasteiger charge is 2.35.